The zero-order valence-electron chi connectivity index (χ0n) is 22.0. The van der Waals surface area contributed by atoms with Crippen LogP contribution in [0.25, 0.3) is 22.6 Å². The van der Waals surface area contributed by atoms with E-state index in [-0.39, 0.29) is 36.2 Å². The first-order chi connectivity index (χ1) is 19.8. The van der Waals surface area contributed by atoms with Crippen LogP contribution in [0, 0.1) is 12.7 Å². The van der Waals surface area contributed by atoms with Gasteiger partial charge in [-0.15, -0.1) is 16.9 Å². The molecule has 0 bridgehead atoms. The van der Waals surface area contributed by atoms with Crippen molar-refractivity contribution in [2.24, 2.45) is 0 Å². The molecule has 0 unspecified atom stereocenters. The van der Waals surface area contributed by atoms with Crippen molar-refractivity contribution < 1.29 is 18.7 Å². The Morgan fingerprint density at radius 3 is 2.68 bits per heavy atom. The Balaban J connectivity index is 1.57. The van der Waals surface area contributed by atoms with Gasteiger partial charge < -0.3 is 15.0 Å². The molecule has 0 spiro atoms. The van der Waals surface area contributed by atoms with Crippen LogP contribution in [-0.4, -0.2) is 45.6 Å². The lowest BCUT2D eigenvalue weighted by Crippen LogP contribution is -2.49. The van der Waals surface area contributed by atoms with E-state index in [0.717, 1.165) is 11.1 Å². The van der Waals surface area contributed by atoms with Gasteiger partial charge in [0.25, 0.3) is 5.91 Å². The molecule has 1 aromatic heterocycles. The molecular formula is C30H25ClFN5O3S. The van der Waals surface area contributed by atoms with Crippen molar-refractivity contribution >= 4 is 41.1 Å². The Morgan fingerprint density at radius 1 is 1.20 bits per heavy atom. The van der Waals surface area contributed by atoms with Crippen LogP contribution in [0.3, 0.4) is 0 Å². The van der Waals surface area contributed by atoms with Crippen molar-refractivity contribution in [3.8, 4) is 22.6 Å². The van der Waals surface area contributed by atoms with Crippen LogP contribution in [0.1, 0.15) is 11.3 Å². The largest absolute Gasteiger partial charge is 0.445 e. The fraction of sp³-hybridized carbons (Fsp3) is 0.167. The minimum atomic E-state index is -0.925. The van der Waals surface area contributed by atoms with Crippen molar-refractivity contribution in [2.75, 3.05) is 17.3 Å². The predicted molar refractivity (Wildman–Crippen MR) is 157 cm³/mol. The van der Waals surface area contributed by atoms with Gasteiger partial charge in [0.2, 0.25) is 0 Å². The number of hydrogen-bond donors (Lipinski definition) is 1. The molecule has 0 saturated carbocycles. The summed E-state index contributed by atoms with van der Waals surface area (Å²) in [6.45, 7) is 5.46. The summed E-state index contributed by atoms with van der Waals surface area (Å²) >= 11 is 7.33. The second kappa shape index (κ2) is 12.5. The monoisotopic (exact) mass is 589 g/mol. The summed E-state index contributed by atoms with van der Waals surface area (Å²) in [7, 11) is 0. The molecular weight excluding hydrogens is 565 g/mol. The van der Waals surface area contributed by atoms with Crippen LogP contribution in [0.15, 0.2) is 84.3 Å². The Bertz CT molecular complexity index is 1600. The van der Waals surface area contributed by atoms with Gasteiger partial charge in [-0.2, -0.15) is 5.10 Å². The molecule has 0 fully saturated rings. The van der Waals surface area contributed by atoms with Gasteiger partial charge in [-0.05, 0) is 36.8 Å². The minimum Gasteiger partial charge on any atom is -0.445 e. The first-order valence-electron chi connectivity index (χ1n) is 12.7. The Labute approximate surface area is 245 Å². The average Bonchev–Trinajstić information content (AvgIpc) is 3.09. The van der Waals surface area contributed by atoms with Crippen molar-refractivity contribution in [3.05, 3.63) is 101 Å². The zero-order valence-corrected chi connectivity index (χ0v) is 23.6. The third-order valence-corrected chi connectivity index (χ3v) is 7.72. The van der Waals surface area contributed by atoms with Gasteiger partial charge in [0, 0.05) is 21.2 Å². The number of ether oxygens (including phenoxy) is 1. The molecule has 1 aliphatic heterocycles. The molecule has 41 heavy (non-hydrogen) atoms. The van der Waals surface area contributed by atoms with Crippen LogP contribution in [-0.2, 0) is 16.1 Å². The number of nitrogens with zero attached hydrogens (tertiary/aromatic N) is 4. The number of rotatable bonds is 7. The van der Waals surface area contributed by atoms with E-state index in [1.807, 2.05) is 30.3 Å². The van der Waals surface area contributed by atoms with Crippen molar-refractivity contribution in [1.29, 1.82) is 0 Å². The normalized spacial score (nSPS) is 14.7. The molecule has 208 valence electrons. The predicted octanol–water partition coefficient (Wildman–Crippen LogP) is 6.23. The number of hydrogen-bond acceptors (Lipinski definition) is 7. The number of halogens is 2. The summed E-state index contributed by atoms with van der Waals surface area (Å²) in [6.07, 6.45) is 0.683. The lowest BCUT2D eigenvalue weighted by Gasteiger charge is -2.26. The molecule has 11 heteroatoms. The molecule has 1 atom stereocenters. The highest BCUT2D eigenvalue weighted by Crippen LogP contribution is 2.39. The number of aryl methyl sites for hydroxylation is 1. The molecule has 1 aliphatic rings. The molecule has 5 rings (SSSR count). The number of amides is 2. The number of thioether (sulfide) groups is 1. The molecule has 2 amide bonds. The third-order valence-electron chi connectivity index (χ3n) is 6.33. The Kier molecular flexibility index (Phi) is 8.61. The second-order valence-corrected chi connectivity index (χ2v) is 10.7. The Morgan fingerprint density at radius 2 is 1.95 bits per heavy atom. The highest BCUT2D eigenvalue weighted by atomic mass is 35.5. The summed E-state index contributed by atoms with van der Waals surface area (Å²) in [4.78, 5) is 32.9. The number of carbonyl (C=O) groups excluding carboxylic acids is 2. The van der Waals surface area contributed by atoms with Crippen LogP contribution < -0.4 is 10.2 Å². The van der Waals surface area contributed by atoms with Gasteiger partial charge in [-0.25, -0.2) is 14.2 Å². The van der Waals surface area contributed by atoms with Gasteiger partial charge >= 0.3 is 6.09 Å². The summed E-state index contributed by atoms with van der Waals surface area (Å²) in [5.41, 5.74) is 3.35. The molecule has 0 saturated heterocycles. The summed E-state index contributed by atoms with van der Waals surface area (Å²) in [6, 6.07) is 18.5. The molecule has 1 N–H and O–H groups in total. The number of benzene rings is 3. The molecule has 0 aliphatic carbocycles. The fourth-order valence-electron chi connectivity index (χ4n) is 4.31. The molecule has 0 radical (unpaired) electrons. The van der Waals surface area contributed by atoms with Crippen LogP contribution in [0.2, 0.25) is 5.02 Å². The number of aromatic nitrogens is 3. The van der Waals surface area contributed by atoms with Gasteiger partial charge in [-0.3, -0.25) is 4.79 Å². The van der Waals surface area contributed by atoms with Crippen molar-refractivity contribution in [1.82, 2.24) is 20.5 Å². The van der Waals surface area contributed by atoms with Crippen LogP contribution in [0.4, 0.5) is 14.9 Å². The molecule has 3 aromatic carbocycles. The molecule has 8 nitrogen and oxygen atoms in total. The van der Waals surface area contributed by atoms with Gasteiger partial charge in [-0.1, -0.05) is 66.7 Å². The van der Waals surface area contributed by atoms with E-state index in [2.05, 4.69) is 27.1 Å². The maximum atomic E-state index is 15.6. The lowest BCUT2D eigenvalue weighted by atomic mass is 10.1. The first-order valence-corrected chi connectivity index (χ1v) is 14.0. The summed E-state index contributed by atoms with van der Waals surface area (Å²) < 4.78 is 20.7. The fourth-order valence-corrected chi connectivity index (χ4v) is 5.51. The number of carbonyl (C=O) groups is 2. The quantitative estimate of drug-likeness (QED) is 0.255. The van der Waals surface area contributed by atoms with Gasteiger partial charge in [0.15, 0.2) is 5.82 Å². The van der Waals surface area contributed by atoms with Gasteiger partial charge in [0.05, 0.1) is 29.2 Å². The number of nitrogens with one attached hydrogen (secondary N) is 1. The average molecular weight is 590 g/mol. The Hall–Kier alpha value is -4.28. The number of fused-ring (bicyclic) bond motifs is 1. The van der Waals surface area contributed by atoms with Crippen molar-refractivity contribution in [3.63, 3.8) is 0 Å². The third kappa shape index (κ3) is 6.39. The van der Waals surface area contributed by atoms with Crippen molar-refractivity contribution in [2.45, 2.75) is 24.4 Å². The molecule has 4 aromatic rings. The minimum absolute atomic E-state index is 0.00126. The smallest absolute Gasteiger partial charge is 0.408 e. The highest BCUT2D eigenvalue weighted by molar-refractivity contribution is 7.99. The van der Waals surface area contributed by atoms with E-state index in [4.69, 9.17) is 16.3 Å². The van der Waals surface area contributed by atoms with E-state index in [1.165, 1.54) is 28.8 Å². The van der Waals surface area contributed by atoms with Crippen LogP contribution in [0.5, 0.6) is 0 Å². The van der Waals surface area contributed by atoms with Crippen LogP contribution >= 0.6 is 23.4 Å². The summed E-state index contributed by atoms with van der Waals surface area (Å²) in [5, 5.41) is 11.6. The number of anilines is 1. The molecule has 2 heterocycles. The van der Waals surface area contributed by atoms with E-state index in [9.17, 15) is 9.59 Å². The standard InChI is InChI=1S/C30H25ClFN5O3S/c1-3-13-40-30(39)33-24-17-41-26-15-23(32)22(28-34-27(18(2)35-36-28)20-7-5-4-6-8-20)14-25(26)37(29(24)38)16-19-9-11-21(31)12-10-19/h3-12,14-15,24H,1,13,16-17H2,2H3,(H,33,39)/t24-/m0/s1. The first kappa shape index (κ1) is 28.3. The SMILES string of the molecule is C=CCOC(=O)N[C@H]1CSc2cc(F)c(-c3nnc(C)c(-c4ccccc4)n3)cc2N(Cc2ccc(Cl)cc2)C1=O. The van der Waals surface area contributed by atoms with E-state index in [1.54, 1.807) is 37.3 Å². The second-order valence-electron chi connectivity index (χ2n) is 9.18. The topological polar surface area (TPSA) is 97.3 Å². The van der Waals surface area contributed by atoms with E-state index < -0.39 is 18.0 Å². The maximum absolute atomic E-state index is 15.6. The van der Waals surface area contributed by atoms with E-state index >= 15 is 4.39 Å². The highest BCUT2D eigenvalue weighted by Gasteiger charge is 2.33. The lowest BCUT2D eigenvalue weighted by molar-refractivity contribution is -0.120. The number of alkyl carbamates (subject to hydrolysis) is 1. The maximum Gasteiger partial charge on any atom is 0.408 e. The zero-order chi connectivity index (χ0) is 28.9. The summed E-state index contributed by atoms with van der Waals surface area (Å²) in [5.74, 6) is -0.680. The van der Waals surface area contributed by atoms with Gasteiger partial charge in [0.1, 0.15) is 18.5 Å². The van der Waals surface area contributed by atoms with E-state index in [0.29, 0.717) is 27.0 Å².